The molecule has 1 unspecified atom stereocenters. The van der Waals surface area contributed by atoms with Crippen LogP contribution in [0.25, 0.3) is 0 Å². The van der Waals surface area contributed by atoms with Crippen molar-refractivity contribution < 1.29 is 0 Å². The van der Waals surface area contributed by atoms with Crippen molar-refractivity contribution >= 4 is 5.95 Å². The minimum absolute atomic E-state index is 0.561. The SMILES string of the molecule is CCCn1ccnc1N1CCNC(C)C1. The highest BCUT2D eigenvalue weighted by molar-refractivity contribution is 5.32. The molecule has 0 bridgehead atoms. The Morgan fingerprint density at radius 1 is 1.60 bits per heavy atom. The Morgan fingerprint density at radius 2 is 2.47 bits per heavy atom. The van der Waals surface area contributed by atoms with Crippen LogP contribution in [0.3, 0.4) is 0 Å². The molecule has 2 rings (SSSR count). The van der Waals surface area contributed by atoms with Crippen LogP contribution < -0.4 is 10.2 Å². The molecule has 1 N–H and O–H groups in total. The summed E-state index contributed by atoms with van der Waals surface area (Å²) in [5.74, 6) is 1.13. The summed E-state index contributed by atoms with van der Waals surface area (Å²) in [5.41, 5.74) is 0. The second-order valence-corrected chi connectivity index (χ2v) is 4.22. The normalized spacial score (nSPS) is 22.0. The van der Waals surface area contributed by atoms with Crippen LogP contribution >= 0.6 is 0 Å². The molecule has 1 aromatic rings. The molecule has 0 amide bonds. The first kappa shape index (κ1) is 10.5. The highest BCUT2D eigenvalue weighted by Crippen LogP contribution is 2.14. The predicted molar refractivity (Wildman–Crippen MR) is 62.2 cm³/mol. The summed E-state index contributed by atoms with van der Waals surface area (Å²) in [6.07, 6.45) is 5.13. The van der Waals surface area contributed by atoms with Crippen molar-refractivity contribution in [2.24, 2.45) is 0 Å². The van der Waals surface area contributed by atoms with Crippen LogP contribution in [0.5, 0.6) is 0 Å². The van der Waals surface area contributed by atoms with E-state index in [1.165, 1.54) is 0 Å². The fourth-order valence-corrected chi connectivity index (χ4v) is 2.11. The van der Waals surface area contributed by atoms with Crippen LogP contribution in [0.15, 0.2) is 12.4 Å². The molecular weight excluding hydrogens is 188 g/mol. The van der Waals surface area contributed by atoms with Gasteiger partial charge in [0.2, 0.25) is 5.95 Å². The topological polar surface area (TPSA) is 33.1 Å². The summed E-state index contributed by atoms with van der Waals surface area (Å²) in [6.45, 7) is 8.66. The molecule has 1 aromatic heterocycles. The number of nitrogens with one attached hydrogen (secondary N) is 1. The van der Waals surface area contributed by atoms with Crippen molar-refractivity contribution in [1.82, 2.24) is 14.9 Å². The van der Waals surface area contributed by atoms with Gasteiger partial charge >= 0.3 is 0 Å². The minimum Gasteiger partial charge on any atom is -0.339 e. The first-order chi connectivity index (χ1) is 7.31. The number of imidazole rings is 1. The molecule has 1 atom stereocenters. The van der Waals surface area contributed by atoms with Crippen molar-refractivity contribution in [3.63, 3.8) is 0 Å². The second-order valence-electron chi connectivity index (χ2n) is 4.22. The molecule has 2 heterocycles. The third-order valence-corrected chi connectivity index (χ3v) is 2.81. The van der Waals surface area contributed by atoms with E-state index in [9.17, 15) is 0 Å². The van der Waals surface area contributed by atoms with Gasteiger partial charge in [0.1, 0.15) is 0 Å². The summed E-state index contributed by atoms with van der Waals surface area (Å²) in [4.78, 5) is 6.83. The lowest BCUT2D eigenvalue weighted by atomic mass is 10.2. The van der Waals surface area contributed by atoms with Gasteiger partial charge in [-0.1, -0.05) is 6.92 Å². The zero-order valence-electron chi connectivity index (χ0n) is 9.61. The highest BCUT2D eigenvalue weighted by Gasteiger charge is 2.18. The molecule has 1 aliphatic heterocycles. The van der Waals surface area contributed by atoms with Crippen molar-refractivity contribution in [2.45, 2.75) is 32.9 Å². The van der Waals surface area contributed by atoms with Gasteiger partial charge in [-0.3, -0.25) is 0 Å². The fraction of sp³-hybridized carbons (Fsp3) is 0.727. The molecule has 0 saturated carbocycles. The van der Waals surface area contributed by atoms with Crippen LogP contribution in [0.2, 0.25) is 0 Å². The first-order valence-electron chi connectivity index (χ1n) is 5.80. The van der Waals surface area contributed by atoms with Crippen LogP contribution in [-0.4, -0.2) is 35.2 Å². The maximum Gasteiger partial charge on any atom is 0.205 e. The smallest absolute Gasteiger partial charge is 0.205 e. The number of aryl methyl sites for hydroxylation is 1. The molecule has 1 fully saturated rings. The largest absolute Gasteiger partial charge is 0.339 e. The van der Waals surface area contributed by atoms with Crippen LogP contribution in [0.4, 0.5) is 5.95 Å². The van der Waals surface area contributed by atoms with E-state index in [0.717, 1.165) is 38.5 Å². The zero-order valence-corrected chi connectivity index (χ0v) is 9.61. The van der Waals surface area contributed by atoms with Crippen molar-refractivity contribution in [1.29, 1.82) is 0 Å². The van der Waals surface area contributed by atoms with E-state index in [2.05, 4.69) is 39.8 Å². The van der Waals surface area contributed by atoms with E-state index in [-0.39, 0.29) is 0 Å². The third-order valence-electron chi connectivity index (χ3n) is 2.81. The highest BCUT2D eigenvalue weighted by atomic mass is 15.3. The number of piperazine rings is 1. The van der Waals surface area contributed by atoms with Crippen molar-refractivity contribution in [3.05, 3.63) is 12.4 Å². The number of nitrogens with zero attached hydrogens (tertiary/aromatic N) is 3. The molecule has 0 spiro atoms. The molecule has 1 saturated heterocycles. The Balaban J connectivity index is 2.10. The van der Waals surface area contributed by atoms with Crippen LogP contribution in [0.1, 0.15) is 20.3 Å². The standard InChI is InChI=1S/C11H20N4/c1-3-6-14-7-5-13-11(14)15-8-4-12-10(2)9-15/h5,7,10,12H,3-4,6,8-9H2,1-2H3. The molecule has 4 heteroatoms. The van der Waals surface area contributed by atoms with E-state index >= 15 is 0 Å². The monoisotopic (exact) mass is 208 g/mol. The summed E-state index contributed by atoms with van der Waals surface area (Å²) in [7, 11) is 0. The van der Waals surface area contributed by atoms with Crippen molar-refractivity contribution in [2.75, 3.05) is 24.5 Å². The first-order valence-corrected chi connectivity index (χ1v) is 5.80. The Morgan fingerprint density at radius 3 is 3.20 bits per heavy atom. The number of aromatic nitrogens is 2. The fourth-order valence-electron chi connectivity index (χ4n) is 2.11. The molecule has 0 aromatic carbocycles. The van der Waals surface area contributed by atoms with Gasteiger partial charge in [0, 0.05) is 44.6 Å². The maximum absolute atomic E-state index is 4.45. The summed E-state index contributed by atoms with van der Waals surface area (Å²) in [6, 6.07) is 0.561. The average Bonchev–Trinajstić information content (AvgIpc) is 2.66. The van der Waals surface area contributed by atoms with Gasteiger partial charge in [-0.05, 0) is 13.3 Å². The van der Waals surface area contributed by atoms with E-state index < -0.39 is 0 Å². The van der Waals surface area contributed by atoms with Gasteiger partial charge in [-0.2, -0.15) is 0 Å². The minimum atomic E-state index is 0.561. The summed E-state index contributed by atoms with van der Waals surface area (Å²) in [5, 5.41) is 3.45. The van der Waals surface area contributed by atoms with Gasteiger partial charge in [0.15, 0.2) is 0 Å². The van der Waals surface area contributed by atoms with Gasteiger partial charge < -0.3 is 14.8 Å². The van der Waals surface area contributed by atoms with Crippen LogP contribution in [-0.2, 0) is 6.54 Å². The van der Waals surface area contributed by atoms with Crippen molar-refractivity contribution in [3.8, 4) is 0 Å². The van der Waals surface area contributed by atoms with Crippen LogP contribution in [0, 0.1) is 0 Å². The number of hydrogen-bond donors (Lipinski definition) is 1. The molecule has 0 aliphatic carbocycles. The predicted octanol–water partition coefficient (Wildman–Crippen LogP) is 1.09. The van der Waals surface area contributed by atoms with E-state index in [1.54, 1.807) is 0 Å². The van der Waals surface area contributed by atoms with E-state index in [1.807, 2.05) is 6.20 Å². The molecule has 4 nitrogen and oxygen atoms in total. The maximum atomic E-state index is 4.45. The number of rotatable bonds is 3. The quantitative estimate of drug-likeness (QED) is 0.807. The number of hydrogen-bond acceptors (Lipinski definition) is 3. The lowest BCUT2D eigenvalue weighted by Crippen LogP contribution is -2.50. The molecule has 0 radical (unpaired) electrons. The molecule has 84 valence electrons. The van der Waals surface area contributed by atoms with Gasteiger partial charge in [0.25, 0.3) is 0 Å². The summed E-state index contributed by atoms with van der Waals surface area (Å²) < 4.78 is 2.25. The molecule has 15 heavy (non-hydrogen) atoms. The lowest BCUT2D eigenvalue weighted by Gasteiger charge is -2.32. The summed E-state index contributed by atoms with van der Waals surface area (Å²) >= 11 is 0. The second kappa shape index (κ2) is 4.66. The Bertz CT molecular complexity index is 307. The number of anilines is 1. The van der Waals surface area contributed by atoms with E-state index in [0.29, 0.717) is 6.04 Å². The Labute approximate surface area is 91.3 Å². The average molecular weight is 208 g/mol. The Kier molecular flexibility index (Phi) is 3.26. The third kappa shape index (κ3) is 2.31. The molecular formula is C11H20N4. The zero-order chi connectivity index (χ0) is 10.7. The van der Waals surface area contributed by atoms with Gasteiger partial charge in [-0.15, -0.1) is 0 Å². The molecule has 1 aliphatic rings. The van der Waals surface area contributed by atoms with Gasteiger partial charge in [-0.25, -0.2) is 4.98 Å². The van der Waals surface area contributed by atoms with Gasteiger partial charge in [0.05, 0.1) is 0 Å². The Hall–Kier alpha value is -1.03. The lowest BCUT2D eigenvalue weighted by molar-refractivity contribution is 0.473. The van der Waals surface area contributed by atoms with E-state index in [4.69, 9.17) is 0 Å².